The summed E-state index contributed by atoms with van der Waals surface area (Å²) in [5.74, 6) is -1.02. The van der Waals surface area contributed by atoms with E-state index in [2.05, 4.69) is 10.1 Å². The number of aromatic carboxylic acids is 1. The molecule has 2 aromatic rings. The Labute approximate surface area is 77.3 Å². The highest BCUT2D eigenvalue weighted by Gasteiger charge is 2.09. The third-order valence-electron chi connectivity index (χ3n) is 1.41. The number of thiazole rings is 1. The third kappa shape index (κ3) is 1.43. The largest absolute Gasteiger partial charge is 0.476 e. The molecule has 0 fully saturated rings. The molecule has 0 aliphatic carbocycles. The minimum Gasteiger partial charge on any atom is -0.476 e. The Balaban J connectivity index is 2.39. The number of hydrogen-bond acceptors (Lipinski definition) is 4. The smallest absolute Gasteiger partial charge is 0.355 e. The van der Waals surface area contributed by atoms with Crippen molar-refractivity contribution >= 4 is 17.3 Å². The molecule has 0 radical (unpaired) electrons. The summed E-state index contributed by atoms with van der Waals surface area (Å²) in [7, 11) is 0. The monoisotopic (exact) mass is 195 g/mol. The molecule has 0 spiro atoms. The first kappa shape index (κ1) is 7.93. The highest BCUT2D eigenvalue weighted by atomic mass is 32.1. The highest BCUT2D eigenvalue weighted by Crippen LogP contribution is 2.13. The second-order valence-electron chi connectivity index (χ2n) is 2.27. The van der Waals surface area contributed by atoms with Crippen LogP contribution in [0.25, 0.3) is 5.13 Å². The Bertz CT molecular complexity index is 421. The first-order chi connectivity index (χ1) is 6.27. The molecule has 0 aliphatic rings. The molecule has 13 heavy (non-hydrogen) atoms. The van der Waals surface area contributed by atoms with Crippen molar-refractivity contribution in [1.29, 1.82) is 0 Å². The van der Waals surface area contributed by atoms with E-state index in [1.54, 1.807) is 18.5 Å². The lowest BCUT2D eigenvalue weighted by Crippen LogP contribution is -1.98. The fourth-order valence-corrected chi connectivity index (χ4v) is 1.59. The van der Waals surface area contributed by atoms with Gasteiger partial charge in [0.1, 0.15) is 0 Å². The van der Waals surface area contributed by atoms with E-state index in [0.717, 1.165) is 0 Å². The molecule has 66 valence electrons. The summed E-state index contributed by atoms with van der Waals surface area (Å²) in [6, 6.07) is 1.75. The Morgan fingerprint density at radius 3 is 3.00 bits per heavy atom. The Morgan fingerprint density at radius 2 is 2.46 bits per heavy atom. The van der Waals surface area contributed by atoms with E-state index in [9.17, 15) is 4.79 Å². The average molecular weight is 195 g/mol. The van der Waals surface area contributed by atoms with E-state index >= 15 is 0 Å². The molecule has 2 rings (SSSR count). The summed E-state index contributed by atoms with van der Waals surface area (Å²) in [4.78, 5) is 14.4. The summed E-state index contributed by atoms with van der Waals surface area (Å²) in [6.45, 7) is 0. The van der Waals surface area contributed by atoms with Crippen LogP contribution < -0.4 is 0 Å². The maximum Gasteiger partial charge on any atom is 0.355 e. The number of nitrogens with zero attached hydrogens (tertiary/aromatic N) is 3. The predicted molar refractivity (Wildman–Crippen MR) is 46.2 cm³/mol. The van der Waals surface area contributed by atoms with Crippen molar-refractivity contribution in [3.05, 3.63) is 29.5 Å². The van der Waals surface area contributed by atoms with Crippen molar-refractivity contribution < 1.29 is 9.90 Å². The van der Waals surface area contributed by atoms with Crippen molar-refractivity contribution in [1.82, 2.24) is 14.8 Å². The van der Waals surface area contributed by atoms with E-state index in [1.165, 1.54) is 21.4 Å². The number of aromatic nitrogens is 3. The molecule has 0 bridgehead atoms. The maximum absolute atomic E-state index is 10.5. The van der Waals surface area contributed by atoms with Crippen molar-refractivity contribution in [3.63, 3.8) is 0 Å². The van der Waals surface area contributed by atoms with Crippen LogP contribution in [0.2, 0.25) is 0 Å². The van der Waals surface area contributed by atoms with Crippen molar-refractivity contribution in [2.45, 2.75) is 0 Å². The van der Waals surface area contributed by atoms with Crippen LogP contribution in [0.1, 0.15) is 10.5 Å². The van der Waals surface area contributed by atoms with Gasteiger partial charge in [-0.25, -0.2) is 14.5 Å². The first-order valence-corrected chi connectivity index (χ1v) is 4.34. The fraction of sp³-hybridized carbons (Fsp3) is 0. The summed E-state index contributed by atoms with van der Waals surface area (Å²) >= 11 is 1.24. The van der Waals surface area contributed by atoms with E-state index in [-0.39, 0.29) is 5.69 Å². The Hall–Kier alpha value is -1.69. The SMILES string of the molecule is O=C(O)c1csc(-n2cccn2)n1. The summed E-state index contributed by atoms with van der Waals surface area (Å²) in [5.41, 5.74) is 0.0514. The van der Waals surface area contributed by atoms with Gasteiger partial charge in [-0.3, -0.25) is 0 Å². The minimum atomic E-state index is -1.02. The summed E-state index contributed by atoms with van der Waals surface area (Å²) in [5, 5.41) is 14.6. The molecule has 0 aromatic carbocycles. The molecule has 0 amide bonds. The molecular formula is C7H5N3O2S. The van der Waals surface area contributed by atoms with Crippen LogP contribution in [0, 0.1) is 0 Å². The lowest BCUT2D eigenvalue weighted by atomic mass is 10.5. The van der Waals surface area contributed by atoms with Crippen LogP contribution in [0.15, 0.2) is 23.8 Å². The molecule has 5 nitrogen and oxygen atoms in total. The molecule has 0 unspecified atom stereocenters. The normalized spacial score (nSPS) is 10.2. The van der Waals surface area contributed by atoms with Crippen LogP contribution in [0.4, 0.5) is 0 Å². The third-order valence-corrected chi connectivity index (χ3v) is 2.24. The zero-order chi connectivity index (χ0) is 9.26. The lowest BCUT2D eigenvalue weighted by Gasteiger charge is -1.90. The van der Waals surface area contributed by atoms with E-state index in [0.29, 0.717) is 5.13 Å². The molecule has 2 heterocycles. The van der Waals surface area contributed by atoms with Gasteiger partial charge in [-0.2, -0.15) is 5.10 Å². The van der Waals surface area contributed by atoms with E-state index in [1.807, 2.05) is 0 Å². The highest BCUT2D eigenvalue weighted by molar-refractivity contribution is 7.12. The van der Waals surface area contributed by atoms with Gasteiger partial charge in [0, 0.05) is 17.8 Å². The van der Waals surface area contributed by atoms with Crippen LogP contribution in [-0.4, -0.2) is 25.8 Å². The molecule has 2 aromatic heterocycles. The Morgan fingerprint density at radius 1 is 1.62 bits per heavy atom. The topological polar surface area (TPSA) is 68.0 Å². The zero-order valence-electron chi connectivity index (χ0n) is 6.41. The molecule has 0 saturated carbocycles. The molecule has 1 N–H and O–H groups in total. The van der Waals surface area contributed by atoms with Gasteiger partial charge in [0.25, 0.3) is 0 Å². The fourth-order valence-electron chi connectivity index (χ4n) is 0.850. The quantitative estimate of drug-likeness (QED) is 0.777. The molecule has 6 heteroatoms. The van der Waals surface area contributed by atoms with Gasteiger partial charge in [-0.05, 0) is 6.07 Å². The lowest BCUT2D eigenvalue weighted by molar-refractivity contribution is 0.0691. The molecule has 0 atom stereocenters. The Kier molecular flexibility index (Phi) is 1.82. The van der Waals surface area contributed by atoms with Gasteiger partial charge in [-0.1, -0.05) is 0 Å². The second-order valence-corrected chi connectivity index (χ2v) is 3.11. The van der Waals surface area contributed by atoms with Crippen molar-refractivity contribution in [2.75, 3.05) is 0 Å². The number of carboxylic acid groups (broad SMARTS) is 1. The zero-order valence-corrected chi connectivity index (χ0v) is 7.23. The minimum absolute atomic E-state index is 0.0514. The predicted octanol–water partition coefficient (Wildman–Crippen LogP) is 1.03. The summed E-state index contributed by atoms with van der Waals surface area (Å²) < 4.78 is 1.52. The molecular weight excluding hydrogens is 190 g/mol. The van der Waals surface area contributed by atoms with Gasteiger partial charge in [0.05, 0.1) is 0 Å². The van der Waals surface area contributed by atoms with Gasteiger partial charge >= 0.3 is 5.97 Å². The van der Waals surface area contributed by atoms with E-state index in [4.69, 9.17) is 5.11 Å². The standard InChI is InChI=1S/C7H5N3O2S/c11-6(12)5-4-13-7(9-5)10-3-1-2-8-10/h1-4H,(H,11,12). The number of carboxylic acids is 1. The number of carbonyl (C=O) groups is 1. The van der Waals surface area contributed by atoms with Gasteiger partial charge in [0.2, 0.25) is 5.13 Å². The summed E-state index contributed by atoms with van der Waals surface area (Å²) in [6.07, 6.45) is 3.33. The van der Waals surface area contributed by atoms with Gasteiger partial charge < -0.3 is 5.11 Å². The first-order valence-electron chi connectivity index (χ1n) is 3.46. The average Bonchev–Trinajstić information content (AvgIpc) is 2.75. The van der Waals surface area contributed by atoms with Crippen molar-refractivity contribution in [2.24, 2.45) is 0 Å². The van der Waals surface area contributed by atoms with Crippen LogP contribution >= 0.6 is 11.3 Å². The molecule has 0 aliphatic heterocycles. The molecule has 0 saturated heterocycles. The second kappa shape index (κ2) is 2.98. The van der Waals surface area contributed by atoms with Gasteiger partial charge in [-0.15, -0.1) is 11.3 Å². The van der Waals surface area contributed by atoms with Crippen LogP contribution in [-0.2, 0) is 0 Å². The maximum atomic E-state index is 10.5. The number of hydrogen-bond donors (Lipinski definition) is 1. The van der Waals surface area contributed by atoms with Crippen molar-refractivity contribution in [3.8, 4) is 5.13 Å². The van der Waals surface area contributed by atoms with E-state index < -0.39 is 5.97 Å². The van der Waals surface area contributed by atoms with Crippen LogP contribution in [0.3, 0.4) is 0 Å². The van der Waals surface area contributed by atoms with Crippen LogP contribution in [0.5, 0.6) is 0 Å². The number of rotatable bonds is 2. The van der Waals surface area contributed by atoms with Gasteiger partial charge in [0.15, 0.2) is 5.69 Å².